The van der Waals surface area contributed by atoms with E-state index in [-0.39, 0.29) is 11.8 Å². The minimum Gasteiger partial charge on any atom is -0.391 e. The van der Waals surface area contributed by atoms with Crippen molar-refractivity contribution in [3.8, 4) is 0 Å². The number of β-amino-alcohol motifs (C(OH)–C–C–N with tert-alkyl or cyclic N) is 1. The molecule has 5 heteroatoms. The summed E-state index contributed by atoms with van der Waals surface area (Å²) in [4.78, 5) is 14.3. The smallest absolute Gasteiger partial charge is 0.246 e. The summed E-state index contributed by atoms with van der Waals surface area (Å²) in [6.45, 7) is 7.09. The molecule has 1 amide bonds. The molecule has 1 aliphatic rings. The standard InChI is InChI=1S/C22H29N3O2/c1-15-6-5-7-18(12-15)13-19-10-11-25(14-21(19)26)22(27)9-8-20-16(2)23-24(4)17(20)3/h5-9,12,19,21,26H,10-11,13-14H2,1-4H3/b9-8+/t19-,21-/m1/s1. The highest BCUT2D eigenvalue weighted by Gasteiger charge is 2.29. The predicted molar refractivity (Wildman–Crippen MR) is 107 cm³/mol. The SMILES string of the molecule is Cc1cccc(C[C@H]2CCN(C(=O)/C=C/c3c(C)nn(C)c3C)C[C@H]2O)c1. The zero-order chi connectivity index (χ0) is 19.6. The molecule has 1 saturated heterocycles. The van der Waals surface area contributed by atoms with Crippen molar-refractivity contribution in [2.45, 2.75) is 39.7 Å². The molecule has 2 atom stereocenters. The Morgan fingerprint density at radius 2 is 2.11 bits per heavy atom. The summed E-state index contributed by atoms with van der Waals surface area (Å²) in [5, 5.41) is 14.9. The summed E-state index contributed by atoms with van der Waals surface area (Å²) in [6, 6.07) is 8.42. The zero-order valence-corrected chi connectivity index (χ0v) is 16.6. The van der Waals surface area contributed by atoms with Gasteiger partial charge in [0.2, 0.25) is 5.91 Å². The molecule has 1 aliphatic heterocycles. The number of hydrogen-bond acceptors (Lipinski definition) is 3. The highest BCUT2D eigenvalue weighted by Crippen LogP contribution is 2.23. The maximum atomic E-state index is 12.6. The number of rotatable bonds is 4. The van der Waals surface area contributed by atoms with Gasteiger partial charge >= 0.3 is 0 Å². The monoisotopic (exact) mass is 367 g/mol. The first-order valence-corrected chi connectivity index (χ1v) is 9.56. The molecule has 1 aromatic carbocycles. The van der Waals surface area contributed by atoms with Gasteiger partial charge in [0.25, 0.3) is 0 Å². The summed E-state index contributed by atoms with van der Waals surface area (Å²) in [5.74, 6) is 0.147. The fourth-order valence-electron chi connectivity index (χ4n) is 3.85. The van der Waals surface area contributed by atoms with Gasteiger partial charge in [-0.15, -0.1) is 0 Å². The van der Waals surface area contributed by atoms with Crippen molar-refractivity contribution < 1.29 is 9.90 Å². The molecular weight excluding hydrogens is 338 g/mol. The molecule has 0 unspecified atom stereocenters. The van der Waals surface area contributed by atoms with Crippen LogP contribution >= 0.6 is 0 Å². The van der Waals surface area contributed by atoms with E-state index >= 15 is 0 Å². The van der Waals surface area contributed by atoms with Crippen LogP contribution in [0.3, 0.4) is 0 Å². The largest absolute Gasteiger partial charge is 0.391 e. The summed E-state index contributed by atoms with van der Waals surface area (Å²) in [5.41, 5.74) is 5.42. The Hall–Kier alpha value is -2.40. The lowest BCUT2D eigenvalue weighted by Gasteiger charge is -2.35. The van der Waals surface area contributed by atoms with Gasteiger partial charge in [0.1, 0.15) is 0 Å². The van der Waals surface area contributed by atoms with Gasteiger partial charge in [0.15, 0.2) is 0 Å². The fraction of sp³-hybridized carbons (Fsp3) is 0.455. The number of aromatic nitrogens is 2. The molecule has 0 saturated carbocycles. The van der Waals surface area contributed by atoms with Crippen LogP contribution in [0.15, 0.2) is 30.3 Å². The van der Waals surface area contributed by atoms with Gasteiger partial charge in [-0.25, -0.2) is 0 Å². The number of nitrogens with zero attached hydrogens (tertiary/aromatic N) is 3. The van der Waals surface area contributed by atoms with Crippen molar-refractivity contribution in [2.24, 2.45) is 13.0 Å². The van der Waals surface area contributed by atoms with Crippen LogP contribution in [-0.4, -0.2) is 44.9 Å². The number of carbonyl (C=O) groups excluding carboxylic acids is 1. The first-order chi connectivity index (χ1) is 12.8. The number of hydrogen-bond donors (Lipinski definition) is 1. The van der Waals surface area contributed by atoms with E-state index in [1.54, 1.807) is 11.0 Å². The Morgan fingerprint density at radius 3 is 2.74 bits per heavy atom. The average Bonchev–Trinajstić information content (AvgIpc) is 2.86. The minimum atomic E-state index is -0.488. The molecule has 1 fully saturated rings. The molecule has 0 aliphatic carbocycles. The Labute approximate surface area is 161 Å². The lowest BCUT2D eigenvalue weighted by atomic mass is 9.87. The summed E-state index contributed by atoms with van der Waals surface area (Å²) in [7, 11) is 1.90. The van der Waals surface area contributed by atoms with Gasteiger partial charge < -0.3 is 10.0 Å². The molecular formula is C22H29N3O2. The van der Waals surface area contributed by atoms with Crippen LogP contribution in [-0.2, 0) is 18.3 Å². The second kappa shape index (κ2) is 8.09. The average molecular weight is 367 g/mol. The molecule has 0 spiro atoms. The third-order valence-electron chi connectivity index (χ3n) is 5.57. The van der Waals surface area contributed by atoms with Gasteiger partial charge in [0, 0.05) is 37.5 Å². The summed E-state index contributed by atoms with van der Waals surface area (Å²) < 4.78 is 1.82. The van der Waals surface area contributed by atoms with Crippen molar-refractivity contribution in [3.63, 3.8) is 0 Å². The number of piperidine rings is 1. The molecule has 2 heterocycles. The van der Waals surface area contributed by atoms with Crippen LogP contribution in [0.5, 0.6) is 0 Å². The second-order valence-electron chi connectivity index (χ2n) is 7.63. The van der Waals surface area contributed by atoms with E-state index < -0.39 is 6.10 Å². The van der Waals surface area contributed by atoms with Gasteiger partial charge in [-0.3, -0.25) is 9.48 Å². The van der Waals surface area contributed by atoms with Crippen LogP contribution in [0.4, 0.5) is 0 Å². The number of amides is 1. The molecule has 144 valence electrons. The molecule has 0 bridgehead atoms. The third kappa shape index (κ3) is 4.48. The van der Waals surface area contributed by atoms with Gasteiger partial charge in [-0.1, -0.05) is 29.8 Å². The highest BCUT2D eigenvalue weighted by atomic mass is 16.3. The van der Waals surface area contributed by atoms with Crippen molar-refractivity contribution in [3.05, 3.63) is 58.4 Å². The molecule has 1 aromatic heterocycles. The number of aliphatic hydroxyl groups excluding tert-OH is 1. The summed E-state index contributed by atoms with van der Waals surface area (Å²) in [6.07, 6.45) is 4.63. The van der Waals surface area contributed by atoms with Crippen molar-refractivity contribution in [2.75, 3.05) is 13.1 Å². The zero-order valence-electron chi connectivity index (χ0n) is 16.6. The van der Waals surface area contributed by atoms with Crippen molar-refractivity contribution >= 4 is 12.0 Å². The number of carbonyl (C=O) groups is 1. The van der Waals surface area contributed by atoms with Gasteiger partial charge in [0.05, 0.1) is 11.8 Å². The first-order valence-electron chi connectivity index (χ1n) is 9.56. The molecule has 5 nitrogen and oxygen atoms in total. The maximum Gasteiger partial charge on any atom is 0.246 e. The molecule has 2 aromatic rings. The lowest BCUT2D eigenvalue weighted by Crippen LogP contribution is -2.46. The van der Waals surface area contributed by atoms with E-state index in [2.05, 4.69) is 36.3 Å². The topological polar surface area (TPSA) is 58.4 Å². The number of benzene rings is 1. The van der Waals surface area contributed by atoms with E-state index in [9.17, 15) is 9.90 Å². The molecule has 27 heavy (non-hydrogen) atoms. The van der Waals surface area contributed by atoms with Crippen molar-refractivity contribution in [1.82, 2.24) is 14.7 Å². The Morgan fingerprint density at radius 1 is 1.33 bits per heavy atom. The quantitative estimate of drug-likeness (QED) is 0.846. The van der Waals surface area contributed by atoms with E-state index in [4.69, 9.17) is 0 Å². The van der Waals surface area contributed by atoms with Crippen LogP contribution in [0.1, 0.15) is 34.5 Å². The number of likely N-dealkylation sites (tertiary alicyclic amines) is 1. The second-order valence-corrected chi connectivity index (χ2v) is 7.63. The van der Waals surface area contributed by atoms with Crippen LogP contribution in [0.25, 0.3) is 6.08 Å². The summed E-state index contributed by atoms with van der Waals surface area (Å²) >= 11 is 0. The van der Waals surface area contributed by atoms with Gasteiger partial charge in [-0.2, -0.15) is 5.10 Å². The maximum absolute atomic E-state index is 12.6. The Balaban J connectivity index is 1.60. The Kier molecular flexibility index (Phi) is 5.80. The predicted octanol–water partition coefficient (Wildman–Crippen LogP) is 2.81. The van der Waals surface area contributed by atoms with Crippen LogP contribution in [0.2, 0.25) is 0 Å². The van der Waals surface area contributed by atoms with Crippen LogP contribution in [0, 0.1) is 26.7 Å². The van der Waals surface area contributed by atoms with Crippen molar-refractivity contribution in [1.29, 1.82) is 0 Å². The van der Waals surface area contributed by atoms with E-state index in [0.717, 1.165) is 29.8 Å². The van der Waals surface area contributed by atoms with Gasteiger partial charge in [-0.05, 0) is 51.2 Å². The van der Waals surface area contributed by atoms with E-state index in [1.807, 2.05) is 31.7 Å². The molecule has 3 rings (SSSR count). The fourth-order valence-corrected chi connectivity index (χ4v) is 3.85. The molecule has 0 radical (unpaired) electrons. The lowest BCUT2D eigenvalue weighted by molar-refractivity contribution is -0.130. The normalized spacial score (nSPS) is 20.4. The first kappa shape index (κ1) is 19.4. The minimum absolute atomic E-state index is 0.0503. The highest BCUT2D eigenvalue weighted by molar-refractivity contribution is 5.92. The van der Waals surface area contributed by atoms with E-state index in [1.165, 1.54) is 11.1 Å². The van der Waals surface area contributed by atoms with E-state index in [0.29, 0.717) is 13.1 Å². The Bertz CT molecular complexity index is 853. The van der Waals surface area contributed by atoms with Crippen LogP contribution < -0.4 is 0 Å². The molecule has 1 N–H and O–H groups in total. The third-order valence-corrected chi connectivity index (χ3v) is 5.57. The number of aryl methyl sites for hydroxylation is 3. The number of aliphatic hydroxyl groups is 1.